The standard InChI is InChI=1S/C16H19N3O2S/c20-22(21,14-5-2-1-3-6-14)16-8-7-13(11-19-16)15-12-17-9-4-10-18-15/h1-3,5-8,11,15,17-18H,4,9-10,12H2. The van der Waals surface area contributed by atoms with Gasteiger partial charge in [-0.3, -0.25) is 0 Å². The maximum absolute atomic E-state index is 12.5. The van der Waals surface area contributed by atoms with Gasteiger partial charge in [0.15, 0.2) is 5.03 Å². The van der Waals surface area contributed by atoms with Gasteiger partial charge in [0.05, 0.1) is 4.90 Å². The molecule has 0 spiro atoms. The molecule has 0 saturated carbocycles. The van der Waals surface area contributed by atoms with E-state index in [2.05, 4.69) is 15.6 Å². The highest BCUT2D eigenvalue weighted by Gasteiger charge is 2.20. The van der Waals surface area contributed by atoms with Crippen LogP contribution in [0.3, 0.4) is 0 Å². The van der Waals surface area contributed by atoms with E-state index in [-0.39, 0.29) is 16.0 Å². The fourth-order valence-electron chi connectivity index (χ4n) is 2.52. The average Bonchev–Trinajstić information content (AvgIpc) is 2.85. The Kier molecular flexibility index (Phi) is 4.52. The highest BCUT2D eigenvalue weighted by molar-refractivity contribution is 7.91. The Labute approximate surface area is 130 Å². The quantitative estimate of drug-likeness (QED) is 0.898. The van der Waals surface area contributed by atoms with E-state index in [0.717, 1.165) is 31.6 Å². The van der Waals surface area contributed by atoms with Crippen molar-refractivity contribution in [3.63, 3.8) is 0 Å². The maximum atomic E-state index is 12.5. The van der Waals surface area contributed by atoms with E-state index in [1.807, 2.05) is 6.07 Å². The molecular formula is C16H19N3O2S. The summed E-state index contributed by atoms with van der Waals surface area (Å²) in [6, 6.07) is 12.0. The molecule has 1 fully saturated rings. The number of aromatic nitrogens is 1. The summed E-state index contributed by atoms with van der Waals surface area (Å²) in [5, 5.41) is 6.88. The largest absolute Gasteiger partial charge is 0.315 e. The van der Waals surface area contributed by atoms with Crippen molar-refractivity contribution in [3.8, 4) is 0 Å². The minimum absolute atomic E-state index is 0.0871. The van der Waals surface area contributed by atoms with Crippen molar-refractivity contribution in [2.45, 2.75) is 22.4 Å². The average molecular weight is 317 g/mol. The Morgan fingerprint density at radius 1 is 1.05 bits per heavy atom. The summed E-state index contributed by atoms with van der Waals surface area (Å²) in [6.07, 6.45) is 2.74. The lowest BCUT2D eigenvalue weighted by Crippen LogP contribution is -2.27. The van der Waals surface area contributed by atoms with Crippen LogP contribution >= 0.6 is 0 Å². The molecule has 1 atom stereocenters. The molecule has 2 heterocycles. The molecule has 1 aliphatic rings. The second-order valence-electron chi connectivity index (χ2n) is 5.31. The number of nitrogens with zero attached hydrogens (tertiary/aromatic N) is 1. The lowest BCUT2D eigenvalue weighted by atomic mass is 10.1. The molecule has 0 bridgehead atoms. The molecule has 22 heavy (non-hydrogen) atoms. The number of pyridine rings is 1. The van der Waals surface area contributed by atoms with Gasteiger partial charge in [-0.05, 0) is 43.3 Å². The third-order valence-electron chi connectivity index (χ3n) is 3.76. The molecule has 6 heteroatoms. The van der Waals surface area contributed by atoms with E-state index in [0.29, 0.717) is 0 Å². The van der Waals surface area contributed by atoms with Gasteiger partial charge in [-0.2, -0.15) is 0 Å². The second kappa shape index (κ2) is 6.56. The summed E-state index contributed by atoms with van der Waals surface area (Å²) < 4.78 is 25.0. The summed E-state index contributed by atoms with van der Waals surface area (Å²) in [4.78, 5) is 4.44. The summed E-state index contributed by atoms with van der Waals surface area (Å²) in [6.45, 7) is 2.77. The second-order valence-corrected chi connectivity index (χ2v) is 7.21. The smallest absolute Gasteiger partial charge is 0.223 e. The van der Waals surface area contributed by atoms with E-state index < -0.39 is 9.84 Å². The number of nitrogens with one attached hydrogen (secondary N) is 2. The first-order valence-electron chi connectivity index (χ1n) is 7.38. The van der Waals surface area contributed by atoms with Crippen molar-refractivity contribution in [3.05, 3.63) is 54.2 Å². The van der Waals surface area contributed by atoms with Crippen LogP contribution in [0, 0.1) is 0 Å². The fourth-order valence-corrected chi connectivity index (χ4v) is 3.72. The van der Waals surface area contributed by atoms with Crippen LogP contribution in [0.2, 0.25) is 0 Å². The van der Waals surface area contributed by atoms with Gasteiger partial charge in [-0.25, -0.2) is 13.4 Å². The minimum Gasteiger partial charge on any atom is -0.315 e. The van der Waals surface area contributed by atoms with Crippen LogP contribution < -0.4 is 10.6 Å². The lowest BCUT2D eigenvalue weighted by Gasteiger charge is -2.16. The van der Waals surface area contributed by atoms with Gasteiger partial charge in [0.1, 0.15) is 0 Å². The molecule has 2 N–H and O–H groups in total. The number of benzene rings is 1. The molecular weight excluding hydrogens is 298 g/mol. The minimum atomic E-state index is -3.54. The van der Waals surface area contributed by atoms with Crippen LogP contribution in [0.4, 0.5) is 0 Å². The molecule has 3 rings (SSSR count). The molecule has 0 aliphatic carbocycles. The van der Waals surface area contributed by atoms with Crippen LogP contribution in [0.1, 0.15) is 18.0 Å². The first kappa shape index (κ1) is 15.1. The van der Waals surface area contributed by atoms with Crippen molar-refractivity contribution in [2.75, 3.05) is 19.6 Å². The number of rotatable bonds is 3. The van der Waals surface area contributed by atoms with Gasteiger partial charge in [-0.15, -0.1) is 0 Å². The number of hydrogen-bond donors (Lipinski definition) is 2. The Morgan fingerprint density at radius 3 is 2.59 bits per heavy atom. The lowest BCUT2D eigenvalue weighted by molar-refractivity contribution is 0.549. The normalized spacial score (nSPS) is 19.5. The van der Waals surface area contributed by atoms with Gasteiger partial charge in [-0.1, -0.05) is 24.3 Å². The zero-order chi connectivity index (χ0) is 15.4. The van der Waals surface area contributed by atoms with Crippen LogP contribution in [0.15, 0.2) is 58.6 Å². The van der Waals surface area contributed by atoms with E-state index in [4.69, 9.17) is 0 Å². The summed E-state index contributed by atoms with van der Waals surface area (Å²) in [5.41, 5.74) is 1.00. The molecule has 1 saturated heterocycles. The zero-order valence-electron chi connectivity index (χ0n) is 12.2. The van der Waals surface area contributed by atoms with Crippen LogP contribution in [-0.4, -0.2) is 33.0 Å². The summed E-state index contributed by atoms with van der Waals surface area (Å²) in [5.74, 6) is 0. The summed E-state index contributed by atoms with van der Waals surface area (Å²) in [7, 11) is -3.54. The topological polar surface area (TPSA) is 71.1 Å². The highest BCUT2D eigenvalue weighted by Crippen LogP contribution is 2.20. The Balaban J connectivity index is 1.85. The van der Waals surface area contributed by atoms with Crippen molar-refractivity contribution < 1.29 is 8.42 Å². The Hall–Kier alpha value is -1.76. The molecule has 1 aromatic heterocycles. The zero-order valence-corrected chi connectivity index (χ0v) is 13.0. The third-order valence-corrected chi connectivity index (χ3v) is 5.44. The van der Waals surface area contributed by atoms with Gasteiger partial charge in [0, 0.05) is 18.8 Å². The molecule has 116 valence electrons. The predicted molar refractivity (Wildman–Crippen MR) is 84.4 cm³/mol. The van der Waals surface area contributed by atoms with E-state index in [1.54, 1.807) is 42.6 Å². The SMILES string of the molecule is O=S(=O)(c1ccccc1)c1ccc(C2CNCCCN2)cn1. The van der Waals surface area contributed by atoms with Crippen LogP contribution in [0.25, 0.3) is 0 Å². The van der Waals surface area contributed by atoms with Crippen molar-refractivity contribution in [1.29, 1.82) is 0 Å². The molecule has 1 aliphatic heterocycles. The highest BCUT2D eigenvalue weighted by atomic mass is 32.2. The van der Waals surface area contributed by atoms with Gasteiger partial charge < -0.3 is 10.6 Å². The van der Waals surface area contributed by atoms with Crippen molar-refractivity contribution >= 4 is 9.84 Å². The number of sulfone groups is 1. The van der Waals surface area contributed by atoms with E-state index in [1.165, 1.54) is 0 Å². The molecule has 0 radical (unpaired) electrons. The fraction of sp³-hybridized carbons (Fsp3) is 0.312. The van der Waals surface area contributed by atoms with Gasteiger partial charge >= 0.3 is 0 Å². The van der Waals surface area contributed by atoms with E-state index in [9.17, 15) is 8.42 Å². The van der Waals surface area contributed by atoms with Gasteiger partial charge in [0.25, 0.3) is 0 Å². The van der Waals surface area contributed by atoms with Crippen molar-refractivity contribution in [2.24, 2.45) is 0 Å². The molecule has 5 nitrogen and oxygen atoms in total. The summed E-state index contributed by atoms with van der Waals surface area (Å²) >= 11 is 0. The Bertz CT molecular complexity index is 707. The Morgan fingerprint density at radius 2 is 1.86 bits per heavy atom. The monoisotopic (exact) mass is 317 g/mol. The molecule has 1 aromatic carbocycles. The third kappa shape index (κ3) is 3.19. The van der Waals surface area contributed by atoms with E-state index >= 15 is 0 Å². The van der Waals surface area contributed by atoms with Gasteiger partial charge in [0.2, 0.25) is 9.84 Å². The van der Waals surface area contributed by atoms with Crippen LogP contribution in [0.5, 0.6) is 0 Å². The number of hydrogen-bond acceptors (Lipinski definition) is 5. The van der Waals surface area contributed by atoms with Crippen LogP contribution in [-0.2, 0) is 9.84 Å². The molecule has 2 aromatic rings. The molecule has 1 unspecified atom stereocenters. The van der Waals surface area contributed by atoms with Crippen molar-refractivity contribution in [1.82, 2.24) is 15.6 Å². The first-order chi connectivity index (χ1) is 10.7. The first-order valence-corrected chi connectivity index (χ1v) is 8.86. The predicted octanol–water partition coefficient (Wildman–Crippen LogP) is 1.54. The maximum Gasteiger partial charge on any atom is 0.223 e. The molecule has 0 amide bonds.